The summed E-state index contributed by atoms with van der Waals surface area (Å²) in [6.45, 7) is 4.71. The average molecular weight is 678 g/mol. The van der Waals surface area contributed by atoms with Crippen LogP contribution in [0.3, 0.4) is 0 Å². The van der Waals surface area contributed by atoms with Gasteiger partial charge in [0, 0.05) is 43.6 Å². The zero-order valence-electron chi connectivity index (χ0n) is 29.6. The molecule has 10 aromatic rings. The van der Waals surface area contributed by atoms with Crippen LogP contribution in [0.25, 0.3) is 99.4 Å². The van der Waals surface area contributed by atoms with E-state index in [0.29, 0.717) is 0 Å². The minimum atomic E-state index is -0.0630. The van der Waals surface area contributed by atoms with E-state index in [-0.39, 0.29) is 5.41 Å². The van der Waals surface area contributed by atoms with Crippen molar-refractivity contribution in [3.63, 3.8) is 0 Å². The largest absolute Gasteiger partial charge is 0.455 e. The van der Waals surface area contributed by atoms with Gasteiger partial charge < -0.3 is 9.40 Å². The summed E-state index contributed by atoms with van der Waals surface area (Å²) in [6.07, 6.45) is 0. The Bertz CT molecular complexity index is 3080. The molecule has 8 aromatic carbocycles. The van der Waals surface area contributed by atoms with Crippen molar-refractivity contribution in [2.24, 2.45) is 0 Å². The molecule has 2 heterocycles. The molecule has 0 atom stereocenters. The minimum absolute atomic E-state index is 0.0630. The Morgan fingerprint density at radius 2 is 1.06 bits per heavy atom. The second kappa shape index (κ2) is 11.2. The summed E-state index contributed by atoms with van der Waals surface area (Å²) in [7, 11) is 0. The lowest BCUT2D eigenvalue weighted by atomic mass is 9.81. The number of hydrogen-bond acceptors (Lipinski definition) is 1. The Kier molecular flexibility index (Phi) is 6.33. The van der Waals surface area contributed by atoms with Crippen LogP contribution < -0.4 is 0 Å². The molecular formula is C51H35NO. The van der Waals surface area contributed by atoms with Gasteiger partial charge in [-0.2, -0.15) is 0 Å². The van der Waals surface area contributed by atoms with Crippen molar-refractivity contribution in [3.05, 3.63) is 181 Å². The fraction of sp³-hybridized carbons (Fsp3) is 0.0588. The monoisotopic (exact) mass is 677 g/mol. The third-order valence-electron chi connectivity index (χ3n) is 11.6. The van der Waals surface area contributed by atoms with E-state index in [0.717, 1.165) is 44.1 Å². The predicted octanol–water partition coefficient (Wildman–Crippen LogP) is 14.2. The molecule has 1 N–H and O–H groups in total. The van der Waals surface area contributed by atoms with Crippen LogP contribution in [0.4, 0.5) is 0 Å². The molecule has 1 aliphatic rings. The fourth-order valence-corrected chi connectivity index (χ4v) is 8.94. The predicted molar refractivity (Wildman–Crippen MR) is 222 cm³/mol. The molecule has 0 saturated carbocycles. The van der Waals surface area contributed by atoms with Crippen molar-refractivity contribution < 1.29 is 4.42 Å². The van der Waals surface area contributed by atoms with E-state index in [4.69, 9.17) is 4.42 Å². The van der Waals surface area contributed by atoms with E-state index >= 15 is 0 Å². The van der Waals surface area contributed by atoms with Crippen molar-refractivity contribution >= 4 is 43.7 Å². The highest BCUT2D eigenvalue weighted by Crippen LogP contribution is 2.50. The third kappa shape index (κ3) is 4.52. The molecule has 0 spiro atoms. The van der Waals surface area contributed by atoms with Gasteiger partial charge >= 0.3 is 0 Å². The number of nitrogens with one attached hydrogen (secondary N) is 1. The third-order valence-corrected chi connectivity index (χ3v) is 11.6. The highest BCUT2D eigenvalue weighted by molar-refractivity contribution is 6.14. The van der Waals surface area contributed by atoms with Gasteiger partial charge in [-0.25, -0.2) is 0 Å². The molecule has 0 amide bonds. The zero-order valence-corrected chi connectivity index (χ0v) is 29.6. The van der Waals surface area contributed by atoms with E-state index in [9.17, 15) is 0 Å². The molecular weight excluding hydrogens is 643 g/mol. The standard InChI is InChI=1S/C51H35NO/c1-51(2)45-20-8-6-14-39(45)40-24-22-32(30-46(40)51)35-26-34(31-12-4-3-5-13-31)27-36(28-35)37-16-10-18-42-44-29-33(23-25-47(44)52-49(37)42)38-17-11-19-43-41-15-7-9-21-48(41)53-50(38)43/h3-30,52H,1-2H3. The van der Waals surface area contributed by atoms with Crippen molar-refractivity contribution in [3.8, 4) is 55.6 Å². The van der Waals surface area contributed by atoms with Gasteiger partial charge in [0.15, 0.2) is 0 Å². The Hall–Kier alpha value is -6.64. The summed E-state index contributed by atoms with van der Waals surface area (Å²) < 4.78 is 6.44. The summed E-state index contributed by atoms with van der Waals surface area (Å²) in [5.74, 6) is 0. The van der Waals surface area contributed by atoms with Gasteiger partial charge in [0.25, 0.3) is 0 Å². The molecule has 2 heteroatoms. The van der Waals surface area contributed by atoms with Crippen molar-refractivity contribution in [1.29, 1.82) is 0 Å². The molecule has 1 aliphatic carbocycles. The molecule has 2 aromatic heterocycles. The van der Waals surface area contributed by atoms with E-state index in [1.165, 1.54) is 66.4 Å². The molecule has 250 valence electrons. The van der Waals surface area contributed by atoms with E-state index in [2.05, 4.69) is 177 Å². The van der Waals surface area contributed by atoms with Crippen LogP contribution in [0.2, 0.25) is 0 Å². The summed E-state index contributed by atoms with van der Waals surface area (Å²) >= 11 is 0. The minimum Gasteiger partial charge on any atom is -0.455 e. The average Bonchev–Trinajstić information content (AvgIpc) is 3.85. The van der Waals surface area contributed by atoms with Crippen LogP contribution in [0.15, 0.2) is 174 Å². The topological polar surface area (TPSA) is 28.9 Å². The Morgan fingerprint density at radius 1 is 0.396 bits per heavy atom. The van der Waals surface area contributed by atoms with Gasteiger partial charge in [-0.15, -0.1) is 0 Å². The van der Waals surface area contributed by atoms with Gasteiger partial charge in [-0.05, 0) is 98.1 Å². The quantitative estimate of drug-likeness (QED) is 0.197. The molecule has 0 fully saturated rings. The summed E-state index contributed by atoms with van der Waals surface area (Å²) in [5, 5.41) is 4.70. The van der Waals surface area contributed by atoms with Crippen LogP contribution in [0.1, 0.15) is 25.0 Å². The number of fused-ring (bicyclic) bond motifs is 9. The number of rotatable bonds is 4. The number of aromatic nitrogens is 1. The van der Waals surface area contributed by atoms with Crippen LogP contribution in [0, 0.1) is 0 Å². The molecule has 0 bridgehead atoms. The molecule has 11 rings (SSSR count). The Balaban J connectivity index is 1.08. The van der Waals surface area contributed by atoms with Crippen LogP contribution in [0.5, 0.6) is 0 Å². The second-order valence-corrected chi connectivity index (χ2v) is 15.0. The van der Waals surface area contributed by atoms with Crippen LogP contribution in [-0.4, -0.2) is 4.98 Å². The summed E-state index contributed by atoms with van der Waals surface area (Å²) in [6, 6.07) is 61.9. The first-order valence-corrected chi connectivity index (χ1v) is 18.4. The van der Waals surface area contributed by atoms with E-state index in [1.807, 2.05) is 12.1 Å². The normalized spacial score (nSPS) is 13.2. The summed E-state index contributed by atoms with van der Waals surface area (Å²) in [4.78, 5) is 3.83. The Labute approximate surface area is 308 Å². The SMILES string of the molecule is CC1(C)c2ccccc2-c2ccc(-c3cc(-c4ccccc4)cc(-c4cccc5c4[nH]c4ccc(-c6cccc7c6oc6ccccc67)cc45)c3)cc21. The fourth-order valence-electron chi connectivity index (χ4n) is 8.94. The number of aromatic amines is 1. The van der Waals surface area contributed by atoms with E-state index < -0.39 is 0 Å². The highest BCUT2D eigenvalue weighted by Gasteiger charge is 2.35. The van der Waals surface area contributed by atoms with Gasteiger partial charge in [0.2, 0.25) is 0 Å². The molecule has 0 aliphatic heterocycles. The first-order valence-electron chi connectivity index (χ1n) is 18.4. The first-order chi connectivity index (χ1) is 26.0. The smallest absolute Gasteiger partial charge is 0.143 e. The van der Waals surface area contributed by atoms with Gasteiger partial charge in [0.1, 0.15) is 11.2 Å². The van der Waals surface area contributed by atoms with E-state index in [1.54, 1.807) is 0 Å². The van der Waals surface area contributed by atoms with Gasteiger partial charge in [-0.1, -0.05) is 141 Å². The lowest BCUT2D eigenvalue weighted by Crippen LogP contribution is -2.14. The van der Waals surface area contributed by atoms with Crippen LogP contribution >= 0.6 is 0 Å². The number of benzene rings is 8. The maximum Gasteiger partial charge on any atom is 0.143 e. The highest BCUT2D eigenvalue weighted by atomic mass is 16.3. The lowest BCUT2D eigenvalue weighted by Gasteiger charge is -2.22. The number of para-hydroxylation sites is 3. The first kappa shape index (κ1) is 30.0. The molecule has 0 saturated heterocycles. The number of H-pyrrole nitrogens is 1. The Morgan fingerprint density at radius 3 is 1.94 bits per heavy atom. The molecule has 2 nitrogen and oxygen atoms in total. The molecule has 0 radical (unpaired) electrons. The number of hydrogen-bond donors (Lipinski definition) is 1. The maximum absolute atomic E-state index is 6.44. The van der Waals surface area contributed by atoms with Crippen LogP contribution in [-0.2, 0) is 5.41 Å². The summed E-state index contributed by atoms with van der Waals surface area (Å²) in [5.41, 5.74) is 19.0. The van der Waals surface area contributed by atoms with Gasteiger partial charge in [0.05, 0.1) is 5.52 Å². The second-order valence-electron chi connectivity index (χ2n) is 15.0. The zero-order chi connectivity index (χ0) is 35.3. The molecule has 0 unspecified atom stereocenters. The van der Waals surface area contributed by atoms with Gasteiger partial charge in [-0.3, -0.25) is 0 Å². The lowest BCUT2D eigenvalue weighted by molar-refractivity contribution is 0.660. The van der Waals surface area contributed by atoms with Crippen molar-refractivity contribution in [2.75, 3.05) is 0 Å². The van der Waals surface area contributed by atoms with Crippen molar-refractivity contribution in [2.45, 2.75) is 19.3 Å². The molecule has 53 heavy (non-hydrogen) atoms. The maximum atomic E-state index is 6.44. The number of furan rings is 1. The van der Waals surface area contributed by atoms with Crippen molar-refractivity contribution in [1.82, 2.24) is 4.98 Å².